The highest BCUT2D eigenvalue weighted by molar-refractivity contribution is 4.79. The summed E-state index contributed by atoms with van der Waals surface area (Å²) < 4.78 is 0. The first-order valence-corrected chi connectivity index (χ1v) is 2.47. The van der Waals surface area contributed by atoms with Crippen LogP contribution in [-0.4, -0.2) is 4.81 Å². The van der Waals surface area contributed by atoms with E-state index < -0.39 is 0 Å². The van der Waals surface area contributed by atoms with Gasteiger partial charge in [-0.05, 0) is 0 Å². The zero-order chi connectivity index (χ0) is 7.28. The highest BCUT2D eigenvalue weighted by Gasteiger charge is 1.99. The van der Waals surface area contributed by atoms with Gasteiger partial charge in [0.05, 0.1) is 12.4 Å². The minimum atomic E-state index is 0.676. The number of hydrazine groups is 1. The fourth-order valence-electron chi connectivity index (χ4n) is 0.255. The number of azo groups is 1. The van der Waals surface area contributed by atoms with E-state index in [-0.39, 0.29) is 0 Å². The summed E-state index contributed by atoms with van der Waals surface area (Å²) in [6.45, 7) is 5.10. The van der Waals surface area contributed by atoms with E-state index >= 15 is 0 Å². The second-order valence-electron chi connectivity index (χ2n) is 1.45. The zero-order valence-corrected chi connectivity index (χ0v) is 5.41. The molecular formula is C5H11N4+. The maximum absolute atomic E-state index is 5.29. The predicted octanol–water partition coefficient (Wildman–Crippen LogP) is 0.288. The lowest BCUT2D eigenvalue weighted by atomic mass is 10.6. The summed E-state index contributed by atoms with van der Waals surface area (Å²) >= 11 is 0. The molecule has 0 rings (SSSR count). The largest absolute Gasteiger partial charge is 0.399 e. The summed E-state index contributed by atoms with van der Waals surface area (Å²) in [5.74, 6) is 5.29. The molecule has 0 aromatic heterocycles. The second kappa shape index (κ2) is 3.65. The molecule has 0 aliphatic heterocycles. The van der Waals surface area contributed by atoms with Crippen molar-refractivity contribution in [3.63, 3.8) is 0 Å². The SMILES string of the molecule is C=CN=[N+](N)C(C)=CN. The van der Waals surface area contributed by atoms with Crippen LogP contribution >= 0.6 is 0 Å². The van der Waals surface area contributed by atoms with Crippen molar-refractivity contribution in [2.45, 2.75) is 6.92 Å². The van der Waals surface area contributed by atoms with E-state index in [1.165, 1.54) is 12.4 Å². The Morgan fingerprint density at radius 3 is 2.67 bits per heavy atom. The van der Waals surface area contributed by atoms with Crippen LogP contribution in [0.15, 0.2) is 29.8 Å². The van der Waals surface area contributed by atoms with Crippen molar-refractivity contribution in [3.05, 3.63) is 24.7 Å². The van der Waals surface area contributed by atoms with E-state index in [9.17, 15) is 0 Å². The highest BCUT2D eigenvalue weighted by Crippen LogP contribution is 1.86. The molecular weight excluding hydrogens is 116 g/mol. The van der Waals surface area contributed by atoms with Crippen molar-refractivity contribution in [1.82, 2.24) is 0 Å². The van der Waals surface area contributed by atoms with Crippen molar-refractivity contribution in [2.24, 2.45) is 16.7 Å². The molecule has 0 aromatic rings. The van der Waals surface area contributed by atoms with Gasteiger partial charge in [0, 0.05) is 16.8 Å². The van der Waals surface area contributed by atoms with Crippen molar-refractivity contribution >= 4 is 0 Å². The average Bonchev–Trinajstić information content (AvgIpc) is 1.87. The van der Waals surface area contributed by atoms with Crippen LogP contribution in [0.3, 0.4) is 0 Å². The van der Waals surface area contributed by atoms with Crippen LogP contribution in [-0.2, 0) is 0 Å². The molecule has 0 aliphatic carbocycles. The predicted molar refractivity (Wildman–Crippen MR) is 35.0 cm³/mol. The lowest BCUT2D eigenvalue weighted by Gasteiger charge is -1.84. The van der Waals surface area contributed by atoms with E-state index in [1.54, 1.807) is 6.92 Å². The molecule has 4 N–H and O–H groups in total. The first-order valence-electron chi connectivity index (χ1n) is 2.47. The average molecular weight is 127 g/mol. The van der Waals surface area contributed by atoms with Gasteiger partial charge in [-0.1, -0.05) is 6.58 Å². The van der Waals surface area contributed by atoms with Crippen LogP contribution in [0.4, 0.5) is 0 Å². The van der Waals surface area contributed by atoms with Crippen molar-refractivity contribution in [2.75, 3.05) is 0 Å². The van der Waals surface area contributed by atoms with Crippen LogP contribution in [0.25, 0.3) is 0 Å². The summed E-state index contributed by atoms with van der Waals surface area (Å²) in [6, 6.07) is 0. The summed E-state index contributed by atoms with van der Waals surface area (Å²) in [5, 5.41) is 3.62. The Kier molecular flexibility index (Phi) is 3.12. The fourth-order valence-corrected chi connectivity index (χ4v) is 0.255. The number of nitrogens with zero attached hydrogens (tertiary/aromatic N) is 2. The second-order valence-corrected chi connectivity index (χ2v) is 1.45. The van der Waals surface area contributed by atoms with Gasteiger partial charge in [0.25, 0.3) is 5.70 Å². The van der Waals surface area contributed by atoms with Gasteiger partial charge in [-0.15, -0.1) is 0 Å². The van der Waals surface area contributed by atoms with Crippen LogP contribution in [0, 0.1) is 0 Å². The van der Waals surface area contributed by atoms with E-state index in [4.69, 9.17) is 11.6 Å². The van der Waals surface area contributed by atoms with Crippen LogP contribution in [0.2, 0.25) is 0 Å². The van der Waals surface area contributed by atoms with Gasteiger partial charge in [-0.2, -0.15) is 5.84 Å². The van der Waals surface area contributed by atoms with Crippen molar-refractivity contribution < 1.29 is 4.81 Å². The zero-order valence-electron chi connectivity index (χ0n) is 5.41. The standard InChI is InChI=1S/C5H11N4/c1-3-8-9(7)5(2)4-6/h3-4H,1,6H2,2H3,(H2,7,8)/q+1. The molecule has 50 valence electrons. The maximum Gasteiger partial charge on any atom is 0.254 e. The summed E-state index contributed by atoms with van der Waals surface area (Å²) in [7, 11) is 0. The lowest BCUT2D eigenvalue weighted by molar-refractivity contribution is -0.555. The molecule has 0 bridgehead atoms. The smallest absolute Gasteiger partial charge is 0.254 e. The quantitative estimate of drug-likeness (QED) is 0.242. The highest BCUT2D eigenvalue weighted by atomic mass is 15.5. The molecule has 0 aliphatic rings. The molecule has 0 fully saturated rings. The number of hydrogen-bond acceptors (Lipinski definition) is 2. The van der Waals surface area contributed by atoms with Gasteiger partial charge in [0.1, 0.15) is 0 Å². The van der Waals surface area contributed by atoms with Crippen LogP contribution in [0.1, 0.15) is 6.92 Å². The third-order valence-electron chi connectivity index (χ3n) is 0.809. The molecule has 0 saturated heterocycles. The summed E-state index contributed by atoms with van der Waals surface area (Å²) in [5.41, 5.74) is 5.80. The van der Waals surface area contributed by atoms with Crippen molar-refractivity contribution in [1.29, 1.82) is 0 Å². The first kappa shape index (κ1) is 7.68. The normalized spacial score (nSPS) is 13.4. The monoisotopic (exact) mass is 127 g/mol. The van der Waals surface area contributed by atoms with Gasteiger partial charge in [-0.3, -0.25) is 0 Å². The summed E-state index contributed by atoms with van der Waals surface area (Å²) in [4.78, 5) is 1.15. The molecule has 4 heteroatoms. The maximum atomic E-state index is 5.29. The van der Waals surface area contributed by atoms with Gasteiger partial charge in [-0.25, -0.2) is 0 Å². The van der Waals surface area contributed by atoms with Gasteiger partial charge >= 0.3 is 0 Å². The Morgan fingerprint density at radius 1 is 1.78 bits per heavy atom. The Labute approximate surface area is 54.1 Å². The molecule has 4 nitrogen and oxygen atoms in total. The number of nitrogens with two attached hydrogens (primary N) is 2. The molecule has 0 atom stereocenters. The molecule has 0 radical (unpaired) electrons. The molecule has 9 heavy (non-hydrogen) atoms. The third-order valence-corrected chi connectivity index (χ3v) is 0.809. The Morgan fingerprint density at radius 2 is 2.33 bits per heavy atom. The minimum Gasteiger partial charge on any atom is -0.399 e. The molecule has 0 spiro atoms. The number of rotatable bonds is 2. The Hall–Kier alpha value is -1.32. The molecule has 0 saturated carbocycles. The molecule has 0 heterocycles. The Bertz CT molecular complexity index is 156. The number of hydrogen-bond donors (Lipinski definition) is 2. The van der Waals surface area contributed by atoms with E-state index in [1.807, 2.05) is 0 Å². The van der Waals surface area contributed by atoms with Gasteiger partial charge in [0.15, 0.2) is 0 Å². The van der Waals surface area contributed by atoms with Crippen molar-refractivity contribution in [3.8, 4) is 0 Å². The van der Waals surface area contributed by atoms with E-state index in [0.717, 1.165) is 4.81 Å². The van der Waals surface area contributed by atoms with Gasteiger partial charge < -0.3 is 5.73 Å². The first-order chi connectivity index (χ1) is 4.22. The van der Waals surface area contributed by atoms with Gasteiger partial charge in [0.2, 0.25) is 0 Å². The van der Waals surface area contributed by atoms with E-state index in [2.05, 4.69) is 11.7 Å². The Balaban J connectivity index is 4.19. The molecule has 0 amide bonds. The van der Waals surface area contributed by atoms with E-state index in [0.29, 0.717) is 5.70 Å². The fraction of sp³-hybridized carbons (Fsp3) is 0.200. The van der Waals surface area contributed by atoms with Crippen LogP contribution < -0.4 is 11.6 Å². The third kappa shape index (κ3) is 2.48. The topological polar surface area (TPSA) is 67.4 Å². The number of allylic oxidation sites excluding steroid dienone is 1. The molecule has 0 aromatic carbocycles. The minimum absolute atomic E-state index is 0.676. The van der Waals surface area contributed by atoms with Crippen LogP contribution in [0.5, 0.6) is 0 Å². The molecule has 0 unspecified atom stereocenters. The summed E-state index contributed by atoms with van der Waals surface area (Å²) in [6.07, 6.45) is 2.71. The lowest BCUT2D eigenvalue weighted by Crippen LogP contribution is -2.15.